The van der Waals surface area contributed by atoms with Gasteiger partial charge in [0, 0.05) is 16.0 Å². The molecular weight excluding hydrogens is 384 g/mol. The molecule has 0 aliphatic heterocycles. The fraction of sp³-hybridized carbons (Fsp3) is 0.250. The highest BCUT2D eigenvalue weighted by Gasteiger charge is 2.23. The monoisotopic (exact) mass is 398 g/mol. The molecule has 3 aromatic rings. The summed E-state index contributed by atoms with van der Waals surface area (Å²) in [5.41, 5.74) is 2.28. The maximum Gasteiger partial charge on any atom is 0.292 e. The second-order valence-corrected chi connectivity index (χ2v) is 8.07. The summed E-state index contributed by atoms with van der Waals surface area (Å²) in [7, 11) is 0. The largest absolute Gasteiger partial charge is 0.451 e. The molecule has 1 N–H and O–H groups in total. The van der Waals surface area contributed by atoms with E-state index in [9.17, 15) is 14.9 Å². The minimum Gasteiger partial charge on any atom is -0.451 e. The van der Waals surface area contributed by atoms with Crippen molar-refractivity contribution < 1.29 is 9.21 Å². The van der Waals surface area contributed by atoms with Gasteiger partial charge in [-0.2, -0.15) is 5.26 Å². The van der Waals surface area contributed by atoms with Crippen molar-refractivity contribution in [1.29, 1.82) is 5.26 Å². The SMILES string of the molecule is Cc1cc2oc(C(=O)Nc3sc4c(c3C#N)CCCC4)cc(=O)c2cc1Cl. The van der Waals surface area contributed by atoms with E-state index in [1.807, 2.05) is 0 Å². The van der Waals surface area contributed by atoms with Crippen molar-refractivity contribution in [2.75, 3.05) is 5.32 Å². The van der Waals surface area contributed by atoms with E-state index in [1.54, 1.807) is 19.1 Å². The van der Waals surface area contributed by atoms with Crippen molar-refractivity contribution in [2.45, 2.75) is 32.6 Å². The fourth-order valence-corrected chi connectivity index (χ4v) is 4.72. The van der Waals surface area contributed by atoms with E-state index in [0.717, 1.165) is 47.8 Å². The van der Waals surface area contributed by atoms with Crippen LogP contribution < -0.4 is 10.7 Å². The topological polar surface area (TPSA) is 83.1 Å². The highest BCUT2D eigenvalue weighted by Crippen LogP contribution is 2.37. The lowest BCUT2D eigenvalue weighted by atomic mass is 9.96. The number of aryl methyl sites for hydroxylation is 2. The number of amides is 1. The second kappa shape index (κ2) is 6.84. The number of hydrogen-bond acceptors (Lipinski definition) is 5. The third-order valence-corrected chi connectivity index (χ3v) is 6.36. The molecule has 0 saturated heterocycles. The number of nitriles is 1. The molecule has 0 spiro atoms. The fourth-order valence-electron chi connectivity index (χ4n) is 3.33. The number of rotatable bonds is 2. The molecule has 2 aromatic heterocycles. The first kappa shape index (κ1) is 17.8. The smallest absolute Gasteiger partial charge is 0.292 e. The zero-order valence-electron chi connectivity index (χ0n) is 14.5. The summed E-state index contributed by atoms with van der Waals surface area (Å²) in [4.78, 5) is 26.2. The standard InChI is InChI=1S/C20H15ClN2O3S/c1-10-6-16-12(7-14(10)21)15(24)8-17(26-16)19(25)23-20-13(9-22)11-4-2-3-5-18(11)27-20/h6-8H,2-5H2,1H3,(H,23,25). The molecule has 0 fully saturated rings. The summed E-state index contributed by atoms with van der Waals surface area (Å²) in [6.07, 6.45) is 3.92. The Labute approximate surface area is 164 Å². The average molecular weight is 399 g/mol. The number of fused-ring (bicyclic) bond motifs is 2. The van der Waals surface area contributed by atoms with E-state index in [0.29, 0.717) is 26.6 Å². The first-order valence-electron chi connectivity index (χ1n) is 8.58. The maximum absolute atomic E-state index is 12.7. The Morgan fingerprint density at radius 2 is 2.07 bits per heavy atom. The Balaban J connectivity index is 1.72. The summed E-state index contributed by atoms with van der Waals surface area (Å²) < 4.78 is 5.64. The number of nitrogens with one attached hydrogen (secondary N) is 1. The lowest BCUT2D eigenvalue weighted by Gasteiger charge is -2.09. The number of carbonyl (C=O) groups excluding carboxylic acids is 1. The molecule has 5 nitrogen and oxygen atoms in total. The number of carbonyl (C=O) groups is 1. The molecule has 1 aromatic carbocycles. The predicted molar refractivity (Wildman–Crippen MR) is 106 cm³/mol. The van der Waals surface area contributed by atoms with Crippen LogP contribution in [0.5, 0.6) is 0 Å². The van der Waals surface area contributed by atoms with Crippen molar-refractivity contribution >= 4 is 44.8 Å². The highest BCUT2D eigenvalue weighted by atomic mass is 35.5. The zero-order chi connectivity index (χ0) is 19.1. The summed E-state index contributed by atoms with van der Waals surface area (Å²) >= 11 is 7.49. The van der Waals surface area contributed by atoms with Gasteiger partial charge in [-0.25, -0.2) is 0 Å². The molecule has 1 aliphatic rings. The lowest BCUT2D eigenvalue weighted by Crippen LogP contribution is -2.15. The Morgan fingerprint density at radius 3 is 2.85 bits per heavy atom. The minimum atomic E-state index is -0.545. The van der Waals surface area contributed by atoms with Crippen LogP contribution in [0.1, 0.15) is 45.0 Å². The summed E-state index contributed by atoms with van der Waals surface area (Å²) in [5, 5.41) is 13.6. The lowest BCUT2D eigenvalue weighted by molar-refractivity contribution is 0.0997. The minimum absolute atomic E-state index is 0.0931. The molecular formula is C20H15ClN2O3S. The van der Waals surface area contributed by atoms with Gasteiger partial charge in [0.15, 0.2) is 11.2 Å². The van der Waals surface area contributed by atoms with Gasteiger partial charge < -0.3 is 9.73 Å². The van der Waals surface area contributed by atoms with Gasteiger partial charge in [0.1, 0.15) is 16.7 Å². The Kier molecular flexibility index (Phi) is 4.50. The molecule has 27 heavy (non-hydrogen) atoms. The second-order valence-electron chi connectivity index (χ2n) is 6.55. The molecule has 7 heteroatoms. The number of benzene rings is 1. The van der Waals surface area contributed by atoms with Gasteiger partial charge in [-0.1, -0.05) is 11.6 Å². The normalized spacial score (nSPS) is 13.2. The summed E-state index contributed by atoms with van der Waals surface area (Å²) in [6.45, 7) is 1.80. The Bertz CT molecular complexity index is 1190. The van der Waals surface area contributed by atoms with E-state index in [4.69, 9.17) is 16.0 Å². The number of anilines is 1. The van der Waals surface area contributed by atoms with Crippen LogP contribution in [0.25, 0.3) is 11.0 Å². The quantitative estimate of drug-likeness (QED) is 0.670. The Morgan fingerprint density at radius 1 is 1.30 bits per heavy atom. The van der Waals surface area contributed by atoms with Gasteiger partial charge >= 0.3 is 0 Å². The average Bonchev–Trinajstić information content (AvgIpc) is 3.00. The number of halogens is 1. The molecule has 2 heterocycles. The van der Waals surface area contributed by atoms with E-state index in [1.165, 1.54) is 11.3 Å². The molecule has 1 amide bonds. The number of nitrogens with zero attached hydrogens (tertiary/aromatic N) is 1. The third kappa shape index (κ3) is 3.14. The van der Waals surface area contributed by atoms with Crippen LogP contribution in [0.4, 0.5) is 5.00 Å². The molecule has 1 aliphatic carbocycles. The van der Waals surface area contributed by atoms with Gasteiger partial charge in [0.2, 0.25) is 0 Å². The number of hydrogen-bond donors (Lipinski definition) is 1. The third-order valence-electron chi connectivity index (χ3n) is 4.74. The van der Waals surface area contributed by atoms with E-state index in [-0.39, 0.29) is 11.2 Å². The highest BCUT2D eigenvalue weighted by molar-refractivity contribution is 7.16. The van der Waals surface area contributed by atoms with Crippen LogP contribution in [-0.2, 0) is 12.8 Å². The molecule has 0 unspecified atom stereocenters. The molecule has 136 valence electrons. The van der Waals surface area contributed by atoms with E-state index in [2.05, 4.69) is 11.4 Å². The van der Waals surface area contributed by atoms with Crippen molar-refractivity contribution in [3.05, 3.63) is 60.8 Å². The Hall–Kier alpha value is -2.62. The predicted octanol–water partition coefficient (Wildman–Crippen LogP) is 4.82. The summed E-state index contributed by atoms with van der Waals surface area (Å²) in [6, 6.07) is 6.54. The molecule has 0 saturated carbocycles. The van der Waals surface area contributed by atoms with Gasteiger partial charge in [-0.05, 0) is 55.9 Å². The van der Waals surface area contributed by atoms with Gasteiger partial charge in [-0.15, -0.1) is 11.3 Å². The van der Waals surface area contributed by atoms with Gasteiger partial charge in [-0.3, -0.25) is 9.59 Å². The van der Waals surface area contributed by atoms with Crippen LogP contribution in [-0.4, -0.2) is 5.91 Å². The maximum atomic E-state index is 12.7. The first-order chi connectivity index (χ1) is 13.0. The molecule has 0 radical (unpaired) electrons. The summed E-state index contributed by atoms with van der Waals surface area (Å²) in [5.74, 6) is -0.638. The van der Waals surface area contributed by atoms with Crippen molar-refractivity contribution in [1.82, 2.24) is 0 Å². The van der Waals surface area contributed by atoms with Crippen LogP contribution >= 0.6 is 22.9 Å². The van der Waals surface area contributed by atoms with Crippen molar-refractivity contribution in [3.8, 4) is 6.07 Å². The van der Waals surface area contributed by atoms with Crippen LogP contribution in [0.2, 0.25) is 5.02 Å². The van der Waals surface area contributed by atoms with Crippen LogP contribution in [0.15, 0.2) is 27.4 Å². The van der Waals surface area contributed by atoms with E-state index >= 15 is 0 Å². The van der Waals surface area contributed by atoms with Gasteiger partial charge in [0.05, 0.1) is 10.9 Å². The van der Waals surface area contributed by atoms with E-state index < -0.39 is 5.91 Å². The van der Waals surface area contributed by atoms with Crippen LogP contribution in [0.3, 0.4) is 0 Å². The van der Waals surface area contributed by atoms with Crippen molar-refractivity contribution in [3.63, 3.8) is 0 Å². The molecule has 0 bridgehead atoms. The van der Waals surface area contributed by atoms with Crippen LogP contribution in [0, 0.1) is 18.3 Å². The number of thiophene rings is 1. The zero-order valence-corrected chi connectivity index (χ0v) is 16.1. The van der Waals surface area contributed by atoms with Gasteiger partial charge in [0.25, 0.3) is 5.91 Å². The molecule has 4 rings (SSSR count). The first-order valence-corrected chi connectivity index (χ1v) is 9.77. The molecule has 0 atom stereocenters. The van der Waals surface area contributed by atoms with Crippen molar-refractivity contribution in [2.24, 2.45) is 0 Å².